The van der Waals surface area contributed by atoms with Crippen molar-refractivity contribution in [3.63, 3.8) is 0 Å². The lowest BCUT2D eigenvalue weighted by molar-refractivity contribution is -0.181. The molecule has 0 aliphatic carbocycles. The van der Waals surface area contributed by atoms with Crippen LogP contribution in [0.1, 0.15) is 12.5 Å². The molecule has 1 aromatic carbocycles. The minimum absolute atomic E-state index is 0.116. The topological polar surface area (TPSA) is 40.1 Å². The van der Waals surface area contributed by atoms with Crippen LogP contribution in [0.25, 0.3) is 0 Å². The van der Waals surface area contributed by atoms with E-state index in [0.717, 1.165) is 12.5 Å². The van der Waals surface area contributed by atoms with Crippen molar-refractivity contribution in [3.8, 4) is 5.75 Å². The highest BCUT2D eigenvalue weighted by Crippen LogP contribution is 2.25. The number of alkyl halides is 6. The van der Waals surface area contributed by atoms with Crippen LogP contribution in [0.3, 0.4) is 0 Å². The molecule has 1 N–H and O–H groups in total. The molecule has 164 valence electrons. The van der Waals surface area contributed by atoms with E-state index in [-0.39, 0.29) is 18.8 Å². The van der Waals surface area contributed by atoms with Crippen molar-refractivity contribution in [2.75, 3.05) is 39.8 Å². The van der Waals surface area contributed by atoms with E-state index in [1.807, 2.05) is 4.90 Å². The second-order valence-corrected chi connectivity index (χ2v) is 6.69. The summed E-state index contributed by atoms with van der Waals surface area (Å²) in [5, 5.41) is 3.12. The van der Waals surface area contributed by atoms with Crippen molar-refractivity contribution >= 4 is 5.96 Å². The van der Waals surface area contributed by atoms with Gasteiger partial charge in [-0.25, -0.2) is 0 Å². The number of nitrogens with one attached hydrogen (secondary N) is 1. The molecule has 1 saturated heterocycles. The van der Waals surface area contributed by atoms with Gasteiger partial charge in [-0.15, -0.1) is 0 Å². The van der Waals surface area contributed by atoms with Crippen LogP contribution in [0.4, 0.5) is 26.3 Å². The Morgan fingerprint density at radius 3 is 2.14 bits per heavy atom. The van der Waals surface area contributed by atoms with Gasteiger partial charge in [-0.3, -0.25) is 9.89 Å². The fourth-order valence-corrected chi connectivity index (χ4v) is 2.91. The number of piperazine rings is 1. The molecular formula is C18H24F6N4O. The molecule has 0 aromatic heterocycles. The fraction of sp³-hybridized carbons (Fsp3) is 0.611. The van der Waals surface area contributed by atoms with Crippen LogP contribution < -0.4 is 10.1 Å². The molecule has 0 amide bonds. The summed E-state index contributed by atoms with van der Waals surface area (Å²) in [6.07, 6.45) is -8.65. The zero-order chi connectivity index (χ0) is 21.7. The van der Waals surface area contributed by atoms with Crippen LogP contribution in [0.5, 0.6) is 5.75 Å². The summed E-state index contributed by atoms with van der Waals surface area (Å²) < 4.78 is 79.7. The van der Waals surface area contributed by atoms with Crippen LogP contribution in [0.2, 0.25) is 0 Å². The Labute approximate surface area is 165 Å². The lowest BCUT2D eigenvalue weighted by Crippen LogP contribution is -2.56. The van der Waals surface area contributed by atoms with E-state index in [4.69, 9.17) is 0 Å². The van der Waals surface area contributed by atoms with Crippen molar-refractivity contribution in [2.45, 2.75) is 31.9 Å². The number of guanidine groups is 1. The summed E-state index contributed by atoms with van der Waals surface area (Å²) in [4.78, 5) is 7.43. The van der Waals surface area contributed by atoms with Crippen LogP contribution in [0, 0.1) is 0 Å². The highest BCUT2D eigenvalue weighted by molar-refractivity contribution is 5.80. The first-order chi connectivity index (χ1) is 13.5. The quantitative estimate of drug-likeness (QED) is 0.446. The lowest BCUT2D eigenvalue weighted by atomic mass is 10.2. The third-order valence-corrected chi connectivity index (χ3v) is 4.62. The number of hydrogen-bond acceptors (Lipinski definition) is 3. The Hall–Kier alpha value is -2.17. The molecule has 1 unspecified atom stereocenters. The second-order valence-electron chi connectivity index (χ2n) is 6.69. The summed E-state index contributed by atoms with van der Waals surface area (Å²) in [5.74, 6) is 0.673. The van der Waals surface area contributed by atoms with Gasteiger partial charge in [0.2, 0.25) is 0 Å². The molecule has 0 bridgehead atoms. The minimum atomic E-state index is -4.39. The predicted octanol–water partition coefficient (Wildman–Crippen LogP) is 3.27. The van der Waals surface area contributed by atoms with Gasteiger partial charge in [0.25, 0.3) is 0 Å². The Balaban J connectivity index is 1.82. The molecule has 1 heterocycles. The molecule has 1 aliphatic heterocycles. The summed E-state index contributed by atoms with van der Waals surface area (Å²) in [7, 11) is 1.58. The number of ether oxygens (including phenoxy) is 1. The third kappa shape index (κ3) is 7.30. The summed E-state index contributed by atoms with van der Waals surface area (Å²) in [6.45, 7) is 1.53. The normalized spacial score (nSPS) is 17.9. The van der Waals surface area contributed by atoms with Gasteiger partial charge in [0.15, 0.2) is 12.6 Å². The minimum Gasteiger partial charge on any atom is -0.484 e. The van der Waals surface area contributed by atoms with E-state index in [9.17, 15) is 26.3 Å². The maximum Gasteiger partial charge on any atom is 0.422 e. The molecule has 0 radical (unpaired) electrons. The molecule has 1 atom stereocenters. The monoisotopic (exact) mass is 426 g/mol. The van der Waals surface area contributed by atoms with Crippen molar-refractivity contribution in [1.82, 2.24) is 15.1 Å². The molecule has 2 rings (SSSR count). The number of halogens is 6. The molecule has 0 saturated carbocycles. The van der Waals surface area contributed by atoms with Gasteiger partial charge in [-0.1, -0.05) is 12.1 Å². The summed E-state index contributed by atoms with van der Waals surface area (Å²) in [5.41, 5.74) is 0.801. The SMILES string of the molecule is CN=C(NCc1ccc(OCC(F)(F)F)cc1)N1CCN(C(C)C(F)(F)F)CC1. The van der Waals surface area contributed by atoms with Gasteiger partial charge >= 0.3 is 12.4 Å². The van der Waals surface area contributed by atoms with E-state index in [0.29, 0.717) is 25.6 Å². The van der Waals surface area contributed by atoms with Crippen molar-refractivity contribution in [3.05, 3.63) is 29.8 Å². The van der Waals surface area contributed by atoms with Crippen LogP contribution >= 0.6 is 0 Å². The second kappa shape index (κ2) is 9.55. The van der Waals surface area contributed by atoms with Crippen molar-refractivity contribution in [2.24, 2.45) is 4.99 Å². The van der Waals surface area contributed by atoms with Crippen molar-refractivity contribution < 1.29 is 31.1 Å². The lowest BCUT2D eigenvalue weighted by Gasteiger charge is -2.39. The first-order valence-electron chi connectivity index (χ1n) is 9.04. The number of aliphatic imine (C=N–C) groups is 1. The first kappa shape index (κ1) is 23.1. The molecule has 29 heavy (non-hydrogen) atoms. The van der Waals surface area contributed by atoms with Crippen LogP contribution in [-0.4, -0.2) is 74.0 Å². The molecule has 1 fully saturated rings. The summed E-state index contributed by atoms with van der Waals surface area (Å²) >= 11 is 0. The van der Waals surface area contributed by atoms with E-state index in [2.05, 4.69) is 15.0 Å². The molecule has 1 aliphatic rings. The smallest absolute Gasteiger partial charge is 0.422 e. The maximum absolute atomic E-state index is 12.8. The highest BCUT2D eigenvalue weighted by atomic mass is 19.4. The van der Waals surface area contributed by atoms with Gasteiger partial charge < -0.3 is 15.0 Å². The van der Waals surface area contributed by atoms with Crippen LogP contribution in [0.15, 0.2) is 29.3 Å². The largest absolute Gasteiger partial charge is 0.484 e. The molecule has 0 spiro atoms. The number of hydrogen-bond donors (Lipinski definition) is 1. The van der Waals surface area contributed by atoms with Gasteiger partial charge in [0.05, 0.1) is 0 Å². The zero-order valence-corrected chi connectivity index (χ0v) is 16.1. The average molecular weight is 426 g/mol. The van der Waals surface area contributed by atoms with Crippen LogP contribution in [-0.2, 0) is 6.54 Å². The van der Waals surface area contributed by atoms with Gasteiger partial charge in [-0.05, 0) is 24.6 Å². The average Bonchev–Trinajstić information content (AvgIpc) is 2.66. The fourth-order valence-electron chi connectivity index (χ4n) is 2.91. The first-order valence-corrected chi connectivity index (χ1v) is 9.04. The van der Waals surface area contributed by atoms with E-state index in [1.165, 1.54) is 17.0 Å². The Bertz CT molecular complexity index is 666. The molecule has 1 aromatic rings. The van der Waals surface area contributed by atoms with Gasteiger partial charge in [0, 0.05) is 39.8 Å². The Morgan fingerprint density at radius 2 is 1.66 bits per heavy atom. The predicted molar refractivity (Wildman–Crippen MR) is 96.9 cm³/mol. The maximum atomic E-state index is 12.8. The Kier molecular flexibility index (Phi) is 7.61. The van der Waals surface area contributed by atoms with E-state index >= 15 is 0 Å². The highest BCUT2D eigenvalue weighted by Gasteiger charge is 2.41. The number of rotatable bonds is 5. The number of benzene rings is 1. The zero-order valence-electron chi connectivity index (χ0n) is 16.1. The van der Waals surface area contributed by atoms with E-state index in [1.54, 1.807) is 19.2 Å². The third-order valence-electron chi connectivity index (χ3n) is 4.62. The molecule has 11 heteroatoms. The van der Waals surface area contributed by atoms with Crippen molar-refractivity contribution in [1.29, 1.82) is 0 Å². The van der Waals surface area contributed by atoms with E-state index < -0.39 is 25.0 Å². The standard InChI is InChI=1S/C18H24F6N4O/c1-13(18(22,23)24)27-7-9-28(10-8-27)16(25-2)26-11-14-3-5-15(6-4-14)29-12-17(19,20)21/h3-6,13H,7-12H2,1-2H3,(H,25,26). The molecular weight excluding hydrogens is 402 g/mol. The number of nitrogens with zero attached hydrogens (tertiary/aromatic N) is 3. The van der Waals surface area contributed by atoms with Gasteiger partial charge in [0.1, 0.15) is 11.8 Å². The molecule has 5 nitrogen and oxygen atoms in total. The van der Waals surface area contributed by atoms with Gasteiger partial charge in [-0.2, -0.15) is 26.3 Å². The Morgan fingerprint density at radius 1 is 1.07 bits per heavy atom. The summed E-state index contributed by atoms with van der Waals surface area (Å²) in [6, 6.07) is 4.67.